The highest BCUT2D eigenvalue weighted by Gasteiger charge is 2.19. The molecule has 7 heteroatoms. The standard InChI is InChI=1S/C21H28N2O4S/c1-3-25-9-4-8-22-12-21(24)23(14-20-16(2)7-10-28-20)13-17-5-6-18-19(11-17)27-15-26-18/h5-7,10-11,22H,3-4,8-9,12-15H2,1-2H3. The first-order valence-electron chi connectivity index (χ1n) is 9.65. The van der Waals surface area contributed by atoms with Gasteiger partial charge in [0.2, 0.25) is 12.7 Å². The molecule has 2 heterocycles. The van der Waals surface area contributed by atoms with Crippen LogP contribution in [-0.4, -0.2) is 43.9 Å². The number of hydrogen-bond acceptors (Lipinski definition) is 6. The van der Waals surface area contributed by atoms with Crippen molar-refractivity contribution in [2.24, 2.45) is 0 Å². The number of ether oxygens (including phenoxy) is 3. The molecule has 2 aromatic rings. The summed E-state index contributed by atoms with van der Waals surface area (Å²) in [6.45, 7) is 7.99. The number of carbonyl (C=O) groups is 1. The van der Waals surface area contributed by atoms with Gasteiger partial charge < -0.3 is 24.4 Å². The van der Waals surface area contributed by atoms with E-state index in [9.17, 15) is 4.79 Å². The molecule has 1 aliphatic heterocycles. The predicted octanol–water partition coefficient (Wildman–Crippen LogP) is 3.33. The van der Waals surface area contributed by atoms with E-state index in [0.717, 1.165) is 36.6 Å². The molecule has 3 rings (SSSR count). The van der Waals surface area contributed by atoms with Crippen LogP contribution in [0.3, 0.4) is 0 Å². The third-order valence-electron chi connectivity index (χ3n) is 4.59. The Labute approximate surface area is 170 Å². The van der Waals surface area contributed by atoms with Gasteiger partial charge in [0.05, 0.1) is 13.1 Å². The number of aryl methyl sites for hydroxylation is 1. The third kappa shape index (κ3) is 5.70. The van der Waals surface area contributed by atoms with Crippen LogP contribution in [0, 0.1) is 6.92 Å². The fraction of sp³-hybridized carbons (Fsp3) is 0.476. The minimum Gasteiger partial charge on any atom is -0.454 e. The second-order valence-corrected chi connectivity index (χ2v) is 7.69. The molecule has 1 aromatic carbocycles. The van der Waals surface area contributed by atoms with Crippen molar-refractivity contribution in [1.29, 1.82) is 0 Å². The molecule has 0 unspecified atom stereocenters. The first kappa shape index (κ1) is 20.6. The number of carbonyl (C=O) groups excluding carboxylic acids is 1. The van der Waals surface area contributed by atoms with Crippen LogP contribution in [0.5, 0.6) is 11.5 Å². The average molecular weight is 405 g/mol. The molecule has 0 aliphatic carbocycles. The van der Waals surface area contributed by atoms with Crippen LogP contribution in [0.15, 0.2) is 29.6 Å². The summed E-state index contributed by atoms with van der Waals surface area (Å²) in [7, 11) is 0. The molecular formula is C21H28N2O4S. The number of amides is 1. The first-order chi connectivity index (χ1) is 13.7. The van der Waals surface area contributed by atoms with E-state index in [0.29, 0.717) is 26.2 Å². The average Bonchev–Trinajstić information content (AvgIpc) is 3.32. The van der Waals surface area contributed by atoms with Crippen molar-refractivity contribution >= 4 is 17.2 Å². The highest BCUT2D eigenvalue weighted by molar-refractivity contribution is 7.10. The highest BCUT2D eigenvalue weighted by Crippen LogP contribution is 2.33. The molecule has 0 bridgehead atoms. The number of fused-ring (bicyclic) bond motifs is 1. The lowest BCUT2D eigenvalue weighted by molar-refractivity contribution is -0.131. The SMILES string of the molecule is CCOCCCNCC(=O)N(Cc1ccc2c(c1)OCO2)Cc1sccc1C. The summed E-state index contributed by atoms with van der Waals surface area (Å²) in [5.74, 6) is 1.58. The van der Waals surface area contributed by atoms with Crippen LogP contribution in [0.2, 0.25) is 0 Å². The normalized spacial score (nSPS) is 12.4. The zero-order valence-corrected chi connectivity index (χ0v) is 17.3. The zero-order valence-electron chi connectivity index (χ0n) is 16.5. The number of hydrogen-bond donors (Lipinski definition) is 1. The van der Waals surface area contributed by atoms with Crippen molar-refractivity contribution in [3.8, 4) is 11.5 Å². The second kappa shape index (κ2) is 10.5. The minimum atomic E-state index is 0.0851. The van der Waals surface area contributed by atoms with Gasteiger partial charge in [0, 0.05) is 24.6 Å². The van der Waals surface area contributed by atoms with Crippen molar-refractivity contribution in [2.75, 3.05) is 33.1 Å². The molecule has 1 amide bonds. The topological polar surface area (TPSA) is 60.0 Å². The van der Waals surface area contributed by atoms with E-state index in [1.54, 1.807) is 11.3 Å². The van der Waals surface area contributed by atoms with Gasteiger partial charge in [-0.15, -0.1) is 11.3 Å². The number of thiophene rings is 1. The number of nitrogens with one attached hydrogen (secondary N) is 1. The molecule has 0 saturated carbocycles. The molecule has 6 nitrogen and oxygen atoms in total. The maximum absolute atomic E-state index is 12.9. The van der Waals surface area contributed by atoms with E-state index < -0.39 is 0 Å². The first-order valence-corrected chi connectivity index (χ1v) is 10.5. The molecule has 0 spiro atoms. The lowest BCUT2D eigenvalue weighted by atomic mass is 10.1. The molecule has 1 aromatic heterocycles. The molecule has 0 saturated heterocycles. The van der Waals surface area contributed by atoms with Gasteiger partial charge in [-0.2, -0.15) is 0 Å². The van der Waals surface area contributed by atoms with Crippen molar-refractivity contribution in [3.63, 3.8) is 0 Å². The fourth-order valence-corrected chi connectivity index (χ4v) is 3.90. The lowest BCUT2D eigenvalue weighted by Gasteiger charge is -2.23. The fourth-order valence-electron chi connectivity index (χ4n) is 2.98. The number of benzene rings is 1. The van der Waals surface area contributed by atoms with Gasteiger partial charge in [-0.25, -0.2) is 0 Å². The summed E-state index contributed by atoms with van der Waals surface area (Å²) in [6.07, 6.45) is 0.896. The van der Waals surface area contributed by atoms with Crippen LogP contribution in [0.25, 0.3) is 0 Å². The summed E-state index contributed by atoms with van der Waals surface area (Å²) < 4.78 is 16.2. The Balaban J connectivity index is 1.61. The van der Waals surface area contributed by atoms with Crippen molar-refractivity contribution < 1.29 is 19.0 Å². The maximum Gasteiger partial charge on any atom is 0.237 e. The van der Waals surface area contributed by atoms with Crippen molar-refractivity contribution in [1.82, 2.24) is 10.2 Å². The monoisotopic (exact) mass is 404 g/mol. The molecule has 0 fully saturated rings. The van der Waals surface area contributed by atoms with Gasteiger partial charge in [-0.1, -0.05) is 6.07 Å². The maximum atomic E-state index is 12.9. The smallest absolute Gasteiger partial charge is 0.237 e. The van der Waals surface area contributed by atoms with Gasteiger partial charge in [-0.3, -0.25) is 4.79 Å². The van der Waals surface area contributed by atoms with Gasteiger partial charge in [-0.05, 0) is 61.5 Å². The van der Waals surface area contributed by atoms with Gasteiger partial charge in [0.25, 0.3) is 0 Å². The van der Waals surface area contributed by atoms with Crippen LogP contribution in [0.1, 0.15) is 29.3 Å². The third-order valence-corrected chi connectivity index (χ3v) is 5.60. The molecular weight excluding hydrogens is 376 g/mol. The quantitative estimate of drug-likeness (QED) is 0.582. The molecule has 1 aliphatic rings. The van der Waals surface area contributed by atoms with E-state index in [1.807, 2.05) is 30.0 Å². The number of nitrogens with zero attached hydrogens (tertiary/aromatic N) is 1. The van der Waals surface area contributed by atoms with Gasteiger partial charge in [0.15, 0.2) is 11.5 Å². The Bertz CT molecular complexity index is 778. The molecule has 1 N–H and O–H groups in total. The van der Waals surface area contributed by atoms with Gasteiger partial charge in [0.1, 0.15) is 0 Å². The van der Waals surface area contributed by atoms with Crippen LogP contribution >= 0.6 is 11.3 Å². The molecule has 28 heavy (non-hydrogen) atoms. The van der Waals surface area contributed by atoms with Crippen molar-refractivity contribution in [2.45, 2.75) is 33.4 Å². The lowest BCUT2D eigenvalue weighted by Crippen LogP contribution is -2.37. The Hall–Kier alpha value is -2.09. The van der Waals surface area contributed by atoms with Crippen molar-refractivity contribution in [3.05, 3.63) is 45.6 Å². The highest BCUT2D eigenvalue weighted by atomic mass is 32.1. The van der Waals surface area contributed by atoms with E-state index in [4.69, 9.17) is 14.2 Å². The largest absolute Gasteiger partial charge is 0.454 e. The summed E-state index contributed by atoms with van der Waals surface area (Å²) in [5, 5.41) is 5.30. The van der Waals surface area contributed by atoms with E-state index >= 15 is 0 Å². The molecule has 0 radical (unpaired) electrons. The van der Waals surface area contributed by atoms with E-state index in [1.165, 1.54) is 10.4 Å². The van der Waals surface area contributed by atoms with E-state index in [-0.39, 0.29) is 12.7 Å². The summed E-state index contributed by atoms with van der Waals surface area (Å²) in [5.41, 5.74) is 2.25. The van der Waals surface area contributed by atoms with Crippen LogP contribution in [-0.2, 0) is 22.6 Å². The summed E-state index contributed by atoms with van der Waals surface area (Å²) in [6, 6.07) is 7.95. The second-order valence-electron chi connectivity index (χ2n) is 6.69. The summed E-state index contributed by atoms with van der Waals surface area (Å²) >= 11 is 1.69. The number of rotatable bonds is 11. The summed E-state index contributed by atoms with van der Waals surface area (Å²) in [4.78, 5) is 16.0. The van der Waals surface area contributed by atoms with Gasteiger partial charge >= 0.3 is 0 Å². The predicted molar refractivity (Wildman–Crippen MR) is 110 cm³/mol. The van der Waals surface area contributed by atoms with Crippen LogP contribution in [0.4, 0.5) is 0 Å². The van der Waals surface area contributed by atoms with Crippen LogP contribution < -0.4 is 14.8 Å². The molecule has 0 atom stereocenters. The zero-order chi connectivity index (χ0) is 19.8. The Kier molecular flexibility index (Phi) is 7.71. The minimum absolute atomic E-state index is 0.0851. The Morgan fingerprint density at radius 3 is 2.89 bits per heavy atom. The Morgan fingerprint density at radius 1 is 1.25 bits per heavy atom. The molecule has 152 valence electrons. The van der Waals surface area contributed by atoms with E-state index in [2.05, 4.69) is 23.7 Å². The Morgan fingerprint density at radius 2 is 2.11 bits per heavy atom.